The molecule has 0 aromatic carbocycles. The normalized spacial score (nSPS) is 36.9. The Bertz CT molecular complexity index is 234. The molecule has 0 saturated carbocycles. The molecule has 86 valence electrons. The van der Waals surface area contributed by atoms with Crippen LogP contribution in [0.1, 0.15) is 13.8 Å². The fraction of sp³-hybridized carbons (Fsp3) is 0.900. The lowest BCUT2D eigenvalue weighted by Crippen LogP contribution is -2.53. The van der Waals surface area contributed by atoms with E-state index < -0.39 is 0 Å². The summed E-state index contributed by atoms with van der Waals surface area (Å²) in [6.07, 6.45) is 0.318. The fourth-order valence-corrected chi connectivity index (χ4v) is 3.07. The highest BCUT2D eigenvalue weighted by atomic mass is 32.2. The van der Waals surface area contributed by atoms with E-state index in [-0.39, 0.29) is 24.2 Å². The van der Waals surface area contributed by atoms with Gasteiger partial charge in [0.05, 0.1) is 18.2 Å². The van der Waals surface area contributed by atoms with Crippen LogP contribution in [-0.4, -0.2) is 53.8 Å². The summed E-state index contributed by atoms with van der Waals surface area (Å²) in [6, 6.07) is 0.0208. The van der Waals surface area contributed by atoms with Crippen LogP contribution < -0.4 is 5.32 Å². The van der Waals surface area contributed by atoms with E-state index in [0.717, 1.165) is 24.7 Å². The number of hydrogen-bond acceptors (Lipinski definition) is 4. The van der Waals surface area contributed by atoms with E-state index in [1.54, 1.807) is 11.8 Å². The first-order valence-corrected chi connectivity index (χ1v) is 6.57. The van der Waals surface area contributed by atoms with Crippen LogP contribution >= 0.6 is 11.8 Å². The van der Waals surface area contributed by atoms with E-state index in [1.165, 1.54) is 0 Å². The molecule has 0 aromatic rings. The quantitative estimate of drug-likeness (QED) is 0.703. The summed E-state index contributed by atoms with van der Waals surface area (Å²) in [5, 5.41) is 3.21. The lowest BCUT2D eigenvalue weighted by Gasteiger charge is -2.36. The first-order valence-electron chi connectivity index (χ1n) is 5.42. The fourth-order valence-electron chi connectivity index (χ4n) is 2.13. The molecule has 3 atom stereocenters. The summed E-state index contributed by atoms with van der Waals surface area (Å²) in [5.41, 5.74) is 0. The van der Waals surface area contributed by atoms with Gasteiger partial charge in [0.1, 0.15) is 0 Å². The molecule has 2 saturated heterocycles. The molecule has 2 aliphatic rings. The van der Waals surface area contributed by atoms with Gasteiger partial charge in [0.2, 0.25) is 5.91 Å². The van der Waals surface area contributed by atoms with Crippen molar-refractivity contribution in [3.8, 4) is 0 Å². The first kappa shape index (κ1) is 11.2. The second kappa shape index (κ2) is 4.72. The Morgan fingerprint density at radius 3 is 2.60 bits per heavy atom. The number of hydrogen-bond donors (Lipinski definition) is 1. The Kier molecular flexibility index (Phi) is 3.53. The molecular formula is C10H18N2O2S. The van der Waals surface area contributed by atoms with Gasteiger partial charge in [-0.05, 0) is 13.8 Å². The Hall–Kier alpha value is -0.260. The lowest BCUT2D eigenvalue weighted by molar-refractivity contribution is -0.144. The van der Waals surface area contributed by atoms with Crippen LogP contribution in [0.3, 0.4) is 0 Å². The average Bonchev–Trinajstić information content (AvgIpc) is 2.67. The smallest absolute Gasteiger partial charge is 0.240 e. The van der Waals surface area contributed by atoms with Gasteiger partial charge in [-0.3, -0.25) is 10.1 Å². The number of amides is 1. The van der Waals surface area contributed by atoms with Gasteiger partial charge in [0.25, 0.3) is 0 Å². The Morgan fingerprint density at radius 1 is 1.40 bits per heavy atom. The zero-order valence-corrected chi connectivity index (χ0v) is 10.0. The number of morpholine rings is 1. The predicted molar refractivity (Wildman–Crippen MR) is 60.8 cm³/mol. The zero-order valence-electron chi connectivity index (χ0n) is 9.23. The molecule has 2 rings (SSSR count). The minimum absolute atomic E-state index is 0.0208. The monoisotopic (exact) mass is 230 g/mol. The molecule has 1 N–H and O–H groups in total. The second-order valence-electron chi connectivity index (χ2n) is 4.27. The zero-order chi connectivity index (χ0) is 10.8. The van der Waals surface area contributed by atoms with E-state index in [2.05, 4.69) is 5.32 Å². The van der Waals surface area contributed by atoms with Crippen molar-refractivity contribution >= 4 is 17.7 Å². The number of nitrogens with zero attached hydrogens (tertiary/aromatic N) is 1. The molecule has 0 aromatic heterocycles. The number of carbonyl (C=O) groups excluding carboxylic acids is 1. The summed E-state index contributed by atoms with van der Waals surface area (Å²) < 4.78 is 5.61. The highest BCUT2D eigenvalue weighted by Crippen LogP contribution is 2.16. The van der Waals surface area contributed by atoms with E-state index in [4.69, 9.17) is 4.74 Å². The summed E-state index contributed by atoms with van der Waals surface area (Å²) in [6.45, 7) is 5.50. The number of ether oxygens (including phenoxy) is 1. The maximum Gasteiger partial charge on any atom is 0.240 e. The molecule has 2 unspecified atom stereocenters. The predicted octanol–water partition coefficient (Wildman–Crippen LogP) is 0.285. The van der Waals surface area contributed by atoms with Crippen molar-refractivity contribution in [2.45, 2.75) is 32.1 Å². The van der Waals surface area contributed by atoms with E-state index in [0.29, 0.717) is 0 Å². The molecular weight excluding hydrogens is 212 g/mol. The summed E-state index contributed by atoms with van der Waals surface area (Å²) in [7, 11) is 0. The molecule has 2 heterocycles. The van der Waals surface area contributed by atoms with Crippen molar-refractivity contribution in [1.29, 1.82) is 0 Å². The van der Waals surface area contributed by atoms with Crippen molar-refractivity contribution in [2.75, 3.05) is 24.7 Å². The molecule has 0 bridgehead atoms. The second-order valence-corrected chi connectivity index (χ2v) is 5.30. The van der Waals surface area contributed by atoms with Gasteiger partial charge in [-0.25, -0.2) is 0 Å². The van der Waals surface area contributed by atoms with Crippen molar-refractivity contribution in [3.05, 3.63) is 0 Å². The number of rotatable bonds is 1. The molecule has 0 radical (unpaired) electrons. The summed E-state index contributed by atoms with van der Waals surface area (Å²) in [4.78, 5) is 14.0. The molecule has 2 aliphatic heterocycles. The Labute approximate surface area is 94.7 Å². The molecule has 0 spiro atoms. The SMILES string of the molecule is CC1CN(C(=O)[C@H]2CSCN2)CC(C)O1. The maximum absolute atomic E-state index is 12.1. The summed E-state index contributed by atoms with van der Waals surface area (Å²) >= 11 is 1.79. The topological polar surface area (TPSA) is 41.6 Å². The maximum atomic E-state index is 12.1. The van der Waals surface area contributed by atoms with Crippen LogP contribution in [0.2, 0.25) is 0 Å². The molecule has 2 fully saturated rings. The highest BCUT2D eigenvalue weighted by molar-refractivity contribution is 7.99. The van der Waals surface area contributed by atoms with Crippen molar-refractivity contribution < 1.29 is 9.53 Å². The average molecular weight is 230 g/mol. The number of nitrogens with one attached hydrogen (secondary N) is 1. The third-order valence-electron chi connectivity index (χ3n) is 2.75. The third-order valence-corrected chi connectivity index (χ3v) is 3.69. The van der Waals surface area contributed by atoms with Crippen LogP contribution in [0.4, 0.5) is 0 Å². The van der Waals surface area contributed by atoms with Crippen LogP contribution in [0.5, 0.6) is 0 Å². The third kappa shape index (κ3) is 2.65. The van der Waals surface area contributed by atoms with Crippen LogP contribution in [-0.2, 0) is 9.53 Å². The van der Waals surface area contributed by atoms with Gasteiger partial charge in [-0.2, -0.15) is 0 Å². The van der Waals surface area contributed by atoms with Gasteiger partial charge in [-0.15, -0.1) is 11.8 Å². The summed E-state index contributed by atoms with van der Waals surface area (Å²) in [5.74, 6) is 2.03. The largest absolute Gasteiger partial charge is 0.372 e. The minimum Gasteiger partial charge on any atom is -0.372 e. The molecule has 1 amide bonds. The van der Waals surface area contributed by atoms with Gasteiger partial charge >= 0.3 is 0 Å². The number of carbonyl (C=O) groups is 1. The minimum atomic E-state index is 0.0208. The van der Waals surface area contributed by atoms with E-state index in [9.17, 15) is 4.79 Å². The Morgan fingerprint density at radius 2 is 2.07 bits per heavy atom. The molecule has 4 nitrogen and oxygen atoms in total. The molecule has 0 aliphatic carbocycles. The van der Waals surface area contributed by atoms with Crippen molar-refractivity contribution in [3.63, 3.8) is 0 Å². The van der Waals surface area contributed by atoms with Gasteiger partial charge in [0, 0.05) is 24.7 Å². The molecule has 15 heavy (non-hydrogen) atoms. The lowest BCUT2D eigenvalue weighted by atomic mass is 10.2. The van der Waals surface area contributed by atoms with E-state index >= 15 is 0 Å². The van der Waals surface area contributed by atoms with Crippen LogP contribution in [0.25, 0.3) is 0 Å². The molecule has 5 heteroatoms. The van der Waals surface area contributed by atoms with Crippen molar-refractivity contribution in [1.82, 2.24) is 10.2 Å². The highest BCUT2D eigenvalue weighted by Gasteiger charge is 2.31. The van der Waals surface area contributed by atoms with Crippen LogP contribution in [0, 0.1) is 0 Å². The van der Waals surface area contributed by atoms with Crippen molar-refractivity contribution in [2.24, 2.45) is 0 Å². The Balaban J connectivity index is 1.93. The standard InChI is InChI=1S/C10H18N2O2S/c1-7-3-12(4-8(2)14-7)10(13)9-5-15-6-11-9/h7-9,11H,3-6H2,1-2H3/t7?,8?,9-/m1/s1. The van der Waals surface area contributed by atoms with Gasteiger partial charge in [0.15, 0.2) is 0 Å². The van der Waals surface area contributed by atoms with E-state index in [1.807, 2.05) is 18.7 Å². The van der Waals surface area contributed by atoms with Crippen LogP contribution in [0.15, 0.2) is 0 Å². The first-order chi connectivity index (χ1) is 7.16. The van der Waals surface area contributed by atoms with Gasteiger partial charge < -0.3 is 9.64 Å². The van der Waals surface area contributed by atoms with Gasteiger partial charge in [-0.1, -0.05) is 0 Å². The number of thioether (sulfide) groups is 1.